The highest BCUT2D eigenvalue weighted by atomic mass is 16.3. The molecule has 3 atom stereocenters. The standard InChI is InChI=1S/C16H19N3O2/c1-10-13-3-5-21-15(13)7-14(17-10)16(20)18-12-6-11-2-4-19(8-11)9-12/h3,5,7,11-12H,2,4,6,8-9H2,1H3,(H,18,20)/t11-,12-/m1/s1. The lowest BCUT2D eigenvalue weighted by molar-refractivity contribution is 0.0904. The summed E-state index contributed by atoms with van der Waals surface area (Å²) < 4.78 is 5.40. The van der Waals surface area contributed by atoms with Gasteiger partial charge in [0.25, 0.3) is 5.91 Å². The quantitative estimate of drug-likeness (QED) is 0.916. The molecule has 0 aromatic carbocycles. The van der Waals surface area contributed by atoms with Gasteiger partial charge in [-0.3, -0.25) is 4.79 Å². The first-order chi connectivity index (χ1) is 10.2. The van der Waals surface area contributed by atoms with E-state index >= 15 is 0 Å². The first kappa shape index (κ1) is 12.8. The molecule has 1 unspecified atom stereocenters. The van der Waals surface area contributed by atoms with Crippen LogP contribution in [0.3, 0.4) is 0 Å². The lowest BCUT2D eigenvalue weighted by Gasteiger charge is -2.30. The van der Waals surface area contributed by atoms with Crippen LogP contribution in [0.15, 0.2) is 22.8 Å². The van der Waals surface area contributed by atoms with Crippen molar-refractivity contribution in [2.24, 2.45) is 5.92 Å². The van der Waals surface area contributed by atoms with E-state index in [4.69, 9.17) is 4.42 Å². The molecule has 1 N–H and O–H groups in total. The number of furan rings is 1. The number of hydrogen-bond donors (Lipinski definition) is 1. The number of rotatable bonds is 2. The highest BCUT2D eigenvalue weighted by Crippen LogP contribution is 2.27. The second-order valence-electron chi connectivity index (χ2n) is 6.25. The Labute approximate surface area is 123 Å². The third kappa shape index (κ3) is 2.31. The zero-order valence-corrected chi connectivity index (χ0v) is 12.1. The second-order valence-corrected chi connectivity index (χ2v) is 6.25. The third-order valence-electron chi connectivity index (χ3n) is 4.68. The van der Waals surface area contributed by atoms with Crippen LogP contribution >= 0.6 is 0 Å². The van der Waals surface area contributed by atoms with E-state index in [0.29, 0.717) is 5.69 Å². The Morgan fingerprint density at radius 2 is 2.38 bits per heavy atom. The maximum atomic E-state index is 12.4. The molecular formula is C16H19N3O2. The number of nitrogens with zero attached hydrogens (tertiary/aromatic N) is 2. The fourth-order valence-corrected chi connectivity index (χ4v) is 3.67. The van der Waals surface area contributed by atoms with Gasteiger partial charge in [-0.05, 0) is 38.3 Å². The lowest BCUT2D eigenvalue weighted by atomic mass is 9.97. The van der Waals surface area contributed by atoms with Gasteiger partial charge in [0, 0.05) is 36.3 Å². The van der Waals surface area contributed by atoms with Crippen molar-refractivity contribution >= 4 is 16.9 Å². The van der Waals surface area contributed by atoms with Gasteiger partial charge in [0.15, 0.2) is 0 Å². The predicted molar refractivity (Wildman–Crippen MR) is 79.2 cm³/mol. The molecule has 4 heterocycles. The minimum Gasteiger partial charge on any atom is -0.464 e. The first-order valence-electron chi connectivity index (χ1n) is 7.57. The molecule has 0 spiro atoms. The van der Waals surface area contributed by atoms with Crippen molar-refractivity contribution in [1.29, 1.82) is 0 Å². The van der Waals surface area contributed by atoms with Crippen molar-refractivity contribution in [3.63, 3.8) is 0 Å². The number of nitrogens with one attached hydrogen (secondary N) is 1. The van der Waals surface area contributed by atoms with Gasteiger partial charge in [-0.15, -0.1) is 0 Å². The zero-order valence-electron chi connectivity index (χ0n) is 12.1. The molecule has 0 radical (unpaired) electrons. The van der Waals surface area contributed by atoms with Crippen LogP contribution in [0.1, 0.15) is 29.0 Å². The fraction of sp³-hybridized carbons (Fsp3) is 0.500. The van der Waals surface area contributed by atoms with Gasteiger partial charge in [0.2, 0.25) is 0 Å². The van der Waals surface area contributed by atoms with E-state index in [0.717, 1.165) is 35.5 Å². The lowest BCUT2D eigenvalue weighted by Crippen LogP contribution is -2.47. The molecule has 5 nitrogen and oxygen atoms in total. The van der Waals surface area contributed by atoms with Crippen LogP contribution in [0.4, 0.5) is 0 Å². The predicted octanol–water partition coefficient (Wildman–Crippen LogP) is 1.96. The molecule has 2 aliphatic heterocycles. The Morgan fingerprint density at radius 1 is 1.48 bits per heavy atom. The molecule has 2 saturated heterocycles. The summed E-state index contributed by atoms with van der Waals surface area (Å²) in [5, 5.41) is 4.10. The summed E-state index contributed by atoms with van der Waals surface area (Å²) in [5.74, 6) is 0.648. The third-order valence-corrected chi connectivity index (χ3v) is 4.68. The molecule has 2 aliphatic rings. The van der Waals surface area contributed by atoms with Gasteiger partial charge in [-0.1, -0.05) is 0 Å². The van der Waals surface area contributed by atoms with E-state index in [1.165, 1.54) is 19.5 Å². The Balaban J connectivity index is 1.53. The number of aromatic nitrogens is 1. The molecule has 4 rings (SSSR count). The number of carbonyl (C=O) groups excluding carboxylic acids is 1. The highest BCUT2D eigenvalue weighted by Gasteiger charge is 2.33. The van der Waals surface area contributed by atoms with Crippen molar-refractivity contribution < 1.29 is 9.21 Å². The fourth-order valence-electron chi connectivity index (χ4n) is 3.67. The minimum atomic E-state index is -0.0936. The van der Waals surface area contributed by atoms with E-state index in [2.05, 4.69) is 15.2 Å². The summed E-state index contributed by atoms with van der Waals surface area (Å²) in [4.78, 5) is 19.3. The van der Waals surface area contributed by atoms with Crippen LogP contribution in [0.2, 0.25) is 0 Å². The smallest absolute Gasteiger partial charge is 0.270 e. The van der Waals surface area contributed by atoms with Gasteiger partial charge in [0.1, 0.15) is 11.3 Å². The van der Waals surface area contributed by atoms with Crippen molar-refractivity contribution in [3.8, 4) is 0 Å². The van der Waals surface area contributed by atoms with Crippen LogP contribution < -0.4 is 5.32 Å². The molecule has 1 amide bonds. The SMILES string of the molecule is Cc1nc(C(=O)N[C@@H]2C[C@H]3CCN(C3)C2)cc2occc12. The average molecular weight is 285 g/mol. The number of fused-ring (bicyclic) bond motifs is 3. The van der Waals surface area contributed by atoms with Crippen molar-refractivity contribution in [2.45, 2.75) is 25.8 Å². The number of aryl methyl sites for hydroxylation is 1. The molecular weight excluding hydrogens is 266 g/mol. The van der Waals surface area contributed by atoms with Crippen LogP contribution in [0.5, 0.6) is 0 Å². The maximum Gasteiger partial charge on any atom is 0.270 e. The number of pyridine rings is 1. The van der Waals surface area contributed by atoms with E-state index in [1.807, 2.05) is 13.0 Å². The van der Waals surface area contributed by atoms with E-state index in [1.54, 1.807) is 12.3 Å². The van der Waals surface area contributed by atoms with Gasteiger partial charge in [0.05, 0.1) is 6.26 Å². The van der Waals surface area contributed by atoms with Crippen molar-refractivity contribution in [2.75, 3.05) is 19.6 Å². The Morgan fingerprint density at radius 3 is 3.24 bits per heavy atom. The minimum absolute atomic E-state index is 0.0936. The Bertz CT molecular complexity index is 682. The molecule has 2 fully saturated rings. The number of amides is 1. The summed E-state index contributed by atoms with van der Waals surface area (Å²) in [6.07, 6.45) is 3.99. The van der Waals surface area contributed by atoms with Crippen LogP contribution in [-0.2, 0) is 0 Å². The van der Waals surface area contributed by atoms with Crippen LogP contribution in [0, 0.1) is 12.8 Å². The highest BCUT2D eigenvalue weighted by molar-refractivity contribution is 5.96. The Hall–Kier alpha value is -1.88. The number of carbonyl (C=O) groups is 1. The summed E-state index contributed by atoms with van der Waals surface area (Å²) in [7, 11) is 0. The van der Waals surface area contributed by atoms with Crippen LogP contribution in [0.25, 0.3) is 11.0 Å². The molecule has 0 saturated carbocycles. The van der Waals surface area contributed by atoms with Gasteiger partial charge >= 0.3 is 0 Å². The summed E-state index contributed by atoms with van der Waals surface area (Å²) >= 11 is 0. The number of hydrogen-bond acceptors (Lipinski definition) is 4. The summed E-state index contributed by atoms with van der Waals surface area (Å²) in [5.41, 5.74) is 2.00. The number of piperidine rings is 1. The van der Waals surface area contributed by atoms with E-state index in [-0.39, 0.29) is 11.9 Å². The normalized spacial score (nSPS) is 28.0. The monoisotopic (exact) mass is 285 g/mol. The van der Waals surface area contributed by atoms with E-state index < -0.39 is 0 Å². The summed E-state index contributed by atoms with van der Waals surface area (Å²) in [6.45, 7) is 5.24. The zero-order chi connectivity index (χ0) is 14.4. The summed E-state index contributed by atoms with van der Waals surface area (Å²) in [6, 6.07) is 3.86. The van der Waals surface area contributed by atoms with Crippen molar-refractivity contribution in [1.82, 2.24) is 15.2 Å². The average Bonchev–Trinajstić information content (AvgIpc) is 3.05. The Kier molecular flexibility index (Phi) is 2.96. The molecule has 2 bridgehead atoms. The largest absolute Gasteiger partial charge is 0.464 e. The first-order valence-corrected chi connectivity index (χ1v) is 7.57. The topological polar surface area (TPSA) is 58.4 Å². The van der Waals surface area contributed by atoms with Gasteiger partial charge in [-0.25, -0.2) is 4.98 Å². The molecule has 5 heteroatoms. The van der Waals surface area contributed by atoms with E-state index in [9.17, 15) is 4.79 Å². The maximum absolute atomic E-state index is 12.4. The molecule has 21 heavy (non-hydrogen) atoms. The van der Waals surface area contributed by atoms with Crippen molar-refractivity contribution in [3.05, 3.63) is 29.8 Å². The van der Waals surface area contributed by atoms with Gasteiger partial charge < -0.3 is 14.6 Å². The second kappa shape index (κ2) is 4.84. The van der Waals surface area contributed by atoms with Gasteiger partial charge in [-0.2, -0.15) is 0 Å². The molecule has 2 aromatic rings. The molecule has 110 valence electrons. The molecule has 0 aliphatic carbocycles. The molecule has 2 aromatic heterocycles. The van der Waals surface area contributed by atoms with Crippen LogP contribution in [-0.4, -0.2) is 41.5 Å².